The third kappa shape index (κ3) is 7.24. The van der Waals surface area contributed by atoms with Crippen molar-refractivity contribution in [2.75, 3.05) is 12.9 Å². The van der Waals surface area contributed by atoms with Gasteiger partial charge in [-0.3, -0.25) is 9.59 Å². The highest BCUT2D eigenvalue weighted by Crippen LogP contribution is 2.10. The van der Waals surface area contributed by atoms with Crippen LogP contribution >= 0.6 is 11.6 Å². The third-order valence-corrected chi connectivity index (χ3v) is 4.17. The summed E-state index contributed by atoms with van der Waals surface area (Å²) in [7, 11) is -2.55. The Bertz CT molecular complexity index is 652. The zero-order valence-electron chi connectivity index (χ0n) is 11.9. The molecule has 1 amide bonds. The Morgan fingerprint density at radius 2 is 1.91 bits per heavy atom. The number of benzene rings is 1. The van der Waals surface area contributed by atoms with Gasteiger partial charge in [-0.25, -0.2) is 13.1 Å². The molecule has 0 spiro atoms. The first-order chi connectivity index (χ1) is 10.3. The van der Waals surface area contributed by atoms with E-state index in [0.29, 0.717) is 10.6 Å². The van der Waals surface area contributed by atoms with E-state index in [1.165, 1.54) is 13.2 Å². The molecule has 0 aliphatic rings. The van der Waals surface area contributed by atoms with Gasteiger partial charge >= 0.3 is 5.97 Å². The van der Waals surface area contributed by atoms with Crippen molar-refractivity contribution in [3.8, 4) is 0 Å². The first-order valence-electron chi connectivity index (χ1n) is 6.37. The van der Waals surface area contributed by atoms with Gasteiger partial charge in [-0.05, 0) is 30.2 Å². The maximum absolute atomic E-state index is 11.6. The average Bonchev–Trinajstić information content (AvgIpc) is 2.45. The van der Waals surface area contributed by atoms with Crippen molar-refractivity contribution in [1.82, 2.24) is 4.72 Å². The van der Waals surface area contributed by atoms with Crippen LogP contribution in [0.4, 0.5) is 0 Å². The van der Waals surface area contributed by atoms with E-state index in [1.54, 1.807) is 24.3 Å². The Morgan fingerprint density at radius 3 is 2.50 bits per heavy atom. The molecular formula is C14H16ClNO5S. The fourth-order valence-corrected chi connectivity index (χ4v) is 2.62. The van der Waals surface area contributed by atoms with Gasteiger partial charge in [0.2, 0.25) is 10.0 Å². The van der Waals surface area contributed by atoms with E-state index in [4.69, 9.17) is 11.6 Å². The lowest BCUT2D eigenvalue weighted by molar-refractivity contribution is -0.140. The molecule has 0 aliphatic carbocycles. The Hall–Kier alpha value is -1.86. The second-order valence-electron chi connectivity index (χ2n) is 4.35. The monoisotopic (exact) mass is 345 g/mol. The molecular weight excluding hydrogens is 330 g/mol. The summed E-state index contributed by atoms with van der Waals surface area (Å²) in [6, 6.07) is 6.69. The number of methoxy groups -OCH3 is 1. The molecule has 0 aliphatic heterocycles. The zero-order valence-corrected chi connectivity index (χ0v) is 13.5. The molecule has 8 heteroatoms. The van der Waals surface area contributed by atoms with Gasteiger partial charge in [0.05, 0.1) is 12.9 Å². The van der Waals surface area contributed by atoms with Crippen LogP contribution in [-0.2, 0) is 24.3 Å². The summed E-state index contributed by atoms with van der Waals surface area (Å²) in [5.41, 5.74) is 0.711. The van der Waals surface area contributed by atoms with E-state index in [1.807, 2.05) is 4.72 Å². The summed E-state index contributed by atoms with van der Waals surface area (Å²) in [6.07, 6.45) is 2.64. The number of sulfonamides is 1. The average molecular weight is 346 g/mol. The summed E-state index contributed by atoms with van der Waals surface area (Å²) in [5.74, 6) is -1.58. The van der Waals surface area contributed by atoms with E-state index >= 15 is 0 Å². The van der Waals surface area contributed by atoms with Crippen molar-refractivity contribution in [3.63, 3.8) is 0 Å². The Labute approximate surface area is 134 Å². The Balaban J connectivity index is 2.49. The second kappa shape index (κ2) is 8.55. The molecule has 6 nitrogen and oxygen atoms in total. The van der Waals surface area contributed by atoms with Gasteiger partial charge in [0.25, 0.3) is 5.91 Å². The van der Waals surface area contributed by atoms with Gasteiger partial charge in [0, 0.05) is 17.5 Å². The second-order valence-corrected chi connectivity index (χ2v) is 6.63. The van der Waals surface area contributed by atoms with Crippen LogP contribution in [0.2, 0.25) is 5.02 Å². The van der Waals surface area contributed by atoms with Crippen LogP contribution in [0.5, 0.6) is 0 Å². The van der Waals surface area contributed by atoms with E-state index in [0.717, 1.165) is 6.08 Å². The highest BCUT2D eigenvalue weighted by Gasteiger charge is 2.13. The predicted molar refractivity (Wildman–Crippen MR) is 83.7 cm³/mol. The molecule has 1 aromatic rings. The van der Waals surface area contributed by atoms with E-state index < -0.39 is 21.9 Å². The third-order valence-electron chi connectivity index (χ3n) is 2.57. The summed E-state index contributed by atoms with van der Waals surface area (Å²) in [5, 5.41) is 0.565. The smallest absolute Gasteiger partial charge is 0.305 e. The lowest BCUT2D eigenvalue weighted by atomic mass is 10.2. The first-order valence-corrected chi connectivity index (χ1v) is 8.40. The SMILES string of the molecule is COC(=O)CCCS(=O)(=O)NC(=O)/C=C/c1ccc(Cl)cc1. The quantitative estimate of drug-likeness (QED) is 0.600. The van der Waals surface area contributed by atoms with Crippen molar-refractivity contribution >= 4 is 39.6 Å². The fraction of sp³-hybridized carbons (Fsp3) is 0.286. The van der Waals surface area contributed by atoms with Crippen molar-refractivity contribution in [3.05, 3.63) is 40.9 Å². The molecule has 0 aromatic heterocycles. The number of ether oxygens (including phenoxy) is 1. The van der Waals surface area contributed by atoms with Crippen LogP contribution in [0, 0.1) is 0 Å². The van der Waals surface area contributed by atoms with Gasteiger partial charge in [-0.15, -0.1) is 0 Å². The van der Waals surface area contributed by atoms with Gasteiger partial charge in [-0.2, -0.15) is 0 Å². The number of esters is 1. The Kier molecular flexibility index (Phi) is 7.07. The number of nitrogens with one attached hydrogen (secondary N) is 1. The van der Waals surface area contributed by atoms with Crippen LogP contribution in [-0.4, -0.2) is 33.2 Å². The predicted octanol–water partition coefficient (Wildman–Crippen LogP) is 1.75. The molecule has 0 atom stereocenters. The number of hydrogen-bond acceptors (Lipinski definition) is 5. The first kappa shape index (κ1) is 18.2. The fourth-order valence-electron chi connectivity index (χ4n) is 1.49. The number of amides is 1. The summed E-state index contributed by atoms with van der Waals surface area (Å²) in [4.78, 5) is 22.4. The van der Waals surface area contributed by atoms with Crippen LogP contribution in [0.1, 0.15) is 18.4 Å². The molecule has 120 valence electrons. The van der Waals surface area contributed by atoms with Crippen molar-refractivity contribution in [2.24, 2.45) is 0 Å². The summed E-state index contributed by atoms with van der Waals surface area (Å²) >= 11 is 5.73. The number of carbonyl (C=O) groups excluding carboxylic acids is 2. The molecule has 0 saturated carbocycles. The number of carbonyl (C=O) groups is 2. The van der Waals surface area contributed by atoms with Crippen LogP contribution in [0.15, 0.2) is 30.3 Å². The molecule has 1 N–H and O–H groups in total. The standard InChI is InChI=1S/C14H16ClNO5S/c1-21-14(18)3-2-10-22(19,20)16-13(17)9-6-11-4-7-12(15)8-5-11/h4-9H,2-3,10H2,1H3,(H,16,17)/b9-6+. The van der Waals surface area contributed by atoms with Gasteiger partial charge in [0.1, 0.15) is 0 Å². The normalized spacial score (nSPS) is 11.4. The Morgan fingerprint density at radius 1 is 1.27 bits per heavy atom. The molecule has 1 rings (SSSR count). The highest BCUT2D eigenvalue weighted by molar-refractivity contribution is 7.90. The van der Waals surface area contributed by atoms with Crippen LogP contribution < -0.4 is 4.72 Å². The maximum atomic E-state index is 11.6. The molecule has 0 radical (unpaired) electrons. The van der Waals surface area contributed by atoms with Crippen molar-refractivity contribution in [1.29, 1.82) is 0 Å². The molecule has 0 saturated heterocycles. The van der Waals surface area contributed by atoms with Crippen LogP contribution in [0.3, 0.4) is 0 Å². The van der Waals surface area contributed by atoms with E-state index in [-0.39, 0.29) is 18.6 Å². The van der Waals surface area contributed by atoms with Crippen molar-refractivity contribution < 1.29 is 22.7 Å². The van der Waals surface area contributed by atoms with Gasteiger partial charge in [-0.1, -0.05) is 23.7 Å². The molecule has 0 unspecified atom stereocenters. The highest BCUT2D eigenvalue weighted by atomic mass is 35.5. The van der Waals surface area contributed by atoms with Crippen molar-refractivity contribution in [2.45, 2.75) is 12.8 Å². The summed E-state index contributed by atoms with van der Waals surface area (Å²) < 4.78 is 29.6. The summed E-state index contributed by atoms with van der Waals surface area (Å²) in [6.45, 7) is 0. The minimum atomic E-state index is -3.78. The lowest BCUT2D eigenvalue weighted by Gasteiger charge is -2.04. The molecule has 0 fully saturated rings. The largest absolute Gasteiger partial charge is 0.469 e. The van der Waals surface area contributed by atoms with Crippen LogP contribution in [0.25, 0.3) is 6.08 Å². The maximum Gasteiger partial charge on any atom is 0.305 e. The van der Waals surface area contributed by atoms with E-state index in [2.05, 4.69) is 4.74 Å². The number of hydrogen-bond donors (Lipinski definition) is 1. The van der Waals surface area contributed by atoms with E-state index in [9.17, 15) is 18.0 Å². The molecule has 22 heavy (non-hydrogen) atoms. The molecule has 0 bridgehead atoms. The zero-order chi connectivity index (χ0) is 16.6. The minimum absolute atomic E-state index is 0.0216. The molecule has 1 aromatic carbocycles. The number of halogens is 1. The minimum Gasteiger partial charge on any atom is -0.469 e. The topological polar surface area (TPSA) is 89.5 Å². The van der Waals surface area contributed by atoms with Gasteiger partial charge < -0.3 is 4.74 Å². The molecule has 0 heterocycles. The lowest BCUT2D eigenvalue weighted by Crippen LogP contribution is -2.31. The van der Waals surface area contributed by atoms with Gasteiger partial charge in [0.15, 0.2) is 0 Å². The number of rotatable bonds is 7.